The number of hydrogen-bond donors (Lipinski definition) is 1. The minimum Gasteiger partial charge on any atom is -0.341 e. The van der Waals surface area contributed by atoms with E-state index in [0.29, 0.717) is 5.11 Å². The van der Waals surface area contributed by atoms with Gasteiger partial charge in [-0.3, -0.25) is 0 Å². The molecule has 3 aromatic carbocycles. The first-order chi connectivity index (χ1) is 14.0. The largest absolute Gasteiger partial charge is 0.341 e. The molecule has 29 heavy (non-hydrogen) atoms. The molecule has 0 radical (unpaired) electrons. The van der Waals surface area contributed by atoms with Gasteiger partial charge in [0.05, 0.1) is 0 Å². The zero-order valence-corrected chi connectivity index (χ0v) is 17.8. The Labute approximate surface area is 178 Å². The van der Waals surface area contributed by atoms with Crippen molar-refractivity contribution in [1.29, 1.82) is 0 Å². The summed E-state index contributed by atoms with van der Waals surface area (Å²) in [6, 6.07) is 27.1. The van der Waals surface area contributed by atoms with E-state index in [4.69, 9.17) is 17.2 Å². The van der Waals surface area contributed by atoms with Gasteiger partial charge in [-0.2, -0.15) is 0 Å². The number of anilines is 2. The average Bonchev–Trinajstić information content (AvgIpc) is 2.95. The standard InChI is InChI=1S/C25H25N3S/c1-18-11-10-12-19(2)22(18)26-23-25(3,17-20-13-6-4-7-14-20)28(24(29)27-23)21-15-8-5-9-16-21/h4-16H,17H2,1-3H3,(H,26,27,29)/t25-/m1/s1. The minimum atomic E-state index is -0.422. The van der Waals surface area contributed by atoms with Gasteiger partial charge in [-0.1, -0.05) is 66.7 Å². The zero-order valence-electron chi connectivity index (χ0n) is 17.0. The van der Waals surface area contributed by atoms with Crippen molar-refractivity contribution < 1.29 is 0 Å². The lowest BCUT2D eigenvalue weighted by molar-refractivity contribution is 0.626. The van der Waals surface area contributed by atoms with Crippen molar-refractivity contribution >= 4 is 34.5 Å². The first kappa shape index (κ1) is 19.3. The molecule has 146 valence electrons. The number of nitrogens with one attached hydrogen (secondary N) is 1. The molecule has 3 nitrogen and oxygen atoms in total. The molecule has 1 N–H and O–H groups in total. The molecule has 1 heterocycles. The van der Waals surface area contributed by atoms with E-state index < -0.39 is 5.54 Å². The molecule has 1 aliphatic heterocycles. The second kappa shape index (κ2) is 7.80. The van der Waals surface area contributed by atoms with E-state index in [1.165, 1.54) is 16.7 Å². The van der Waals surface area contributed by atoms with Crippen LogP contribution >= 0.6 is 12.2 Å². The van der Waals surface area contributed by atoms with Gasteiger partial charge in [-0.15, -0.1) is 0 Å². The van der Waals surface area contributed by atoms with Crippen molar-refractivity contribution in [2.75, 3.05) is 10.2 Å². The number of nitrogens with zero attached hydrogens (tertiary/aromatic N) is 2. The normalized spacial score (nSPS) is 18.7. The van der Waals surface area contributed by atoms with Gasteiger partial charge < -0.3 is 10.2 Å². The summed E-state index contributed by atoms with van der Waals surface area (Å²) in [6.07, 6.45) is 0.791. The Kier molecular flexibility index (Phi) is 5.20. The average molecular weight is 400 g/mol. The summed E-state index contributed by atoms with van der Waals surface area (Å²) in [5, 5.41) is 4.23. The van der Waals surface area contributed by atoms with Crippen LogP contribution in [-0.4, -0.2) is 16.5 Å². The number of aryl methyl sites for hydroxylation is 2. The number of amidine groups is 1. The Morgan fingerprint density at radius 1 is 0.862 bits per heavy atom. The number of rotatable bonds is 4. The van der Waals surface area contributed by atoms with Crippen LogP contribution in [0.25, 0.3) is 0 Å². The zero-order chi connectivity index (χ0) is 20.4. The first-order valence-electron chi connectivity index (χ1n) is 9.84. The molecule has 0 spiro atoms. The molecule has 0 amide bonds. The van der Waals surface area contributed by atoms with Crippen LogP contribution in [-0.2, 0) is 6.42 Å². The molecular weight excluding hydrogens is 374 g/mol. The number of thiocarbonyl (C=S) groups is 1. The maximum atomic E-state index is 5.75. The van der Waals surface area contributed by atoms with Gasteiger partial charge >= 0.3 is 0 Å². The molecule has 1 atom stereocenters. The topological polar surface area (TPSA) is 27.6 Å². The number of para-hydroxylation sites is 2. The fraction of sp³-hybridized carbons (Fsp3) is 0.200. The second-order valence-electron chi connectivity index (χ2n) is 7.74. The van der Waals surface area contributed by atoms with Gasteiger partial charge in [0.25, 0.3) is 0 Å². The maximum absolute atomic E-state index is 5.75. The van der Waals surface area contributed by atoms with Gasteiger partial charge in [0, 0.05) is 17.8 Å². The van der Waals surface area contributed by atoms with Crippen LogP contribution in [0.5, 0.6) is 0 Å². The number of aliphatic imine (C=N–C) groups is 1. The van der Waals surface area contributed by atoms with Crippen LogP contribution in [0, 0.1) is 13.8 Å². The summed E-state index contributed by atoms with van der Waals surface area (Å²) in [6.45, 7) is 6.45. The smallest absolute Gasteiger partial charge is 0.202 e. The molecule has 4 rings (SSSR count). The molecular formula is C25H25N3S. The Hall–Kier alpha value is -2.98. The van der Waals surface area contributed by atoms with Crippen LogP contribution in [0.1, 0.15) is 23.6 Å². The molecule has 3 aromatic rings. The molecule has 0 saturated heterocycles. The van der Waals surface area contributed by atoms with Crippen molar-refractivity contribution in [2.24, 2.45) is 4.99 Å². The van der Waals surface area contributed by atoms with Gasteiger partial charge in [0.15, 0.2) is 0 Å². The Balaban J connectivity index is 1.78. The number of hydrogen-bond acceptors (Lipinski definition) is 2. The predicted molar refractivity (Wildman–Crippen MR) is 127 cm³/mol. The Morgan fingerprint density at radius 2 is 1.45 bits per heavy atom. The lowest BCUT2D eigenvalue weighted by Crippen LogP contribution is -2.53. The predicted octanol–water partition coefficient (Wildman–Crippen LogP) is 5.92. The first-order valence-corrected chi connectivity index (χ1v) is 10.3. The van der Waals surface area contributed by atoms with E-state index in [1.807, 2.05) is 24.3 Å². The van der Waals surface area contributed by atoms with E-state index in [9.17, 15) is 0 Å². The van der Waals surface area contributed by atoms with Crippen molar-refractivity contribution in [2.45, 2.75) is 32.7 Å². The fourth-order valence-corrected chi connectivity index (χ4v) is 4.40. The monoisotopic (exact) mass is 399 g/mol. The SMILES string of the molecule is Cc1cccc(C)c1NC1=NC(=S)N(c2ccccc2)[C@]1(C)Cc1ccccc1. The summed E-state index contributed by atoms with van der Waals surface area (Å²) < 4.78 is 0. The van der Waals surface area contributed by atoms with Crippen molar-refractivity contribution in [3.05, 3.63) is 95.6 Å². The Morgan fingerprint density at radius 3 is 2.07 bits per heavy atom. The third kappa shape index (κ3) is 3.68. The third-order valence-electron chi connectivity index (χ3n) is 5.53. The molecule has 0 fully saturated rings. The van der Waals surface area contributed by atoms with E-state index in [2.05, 4.69) is 85.6 Å². The highest BCUT2D eigenvalue weighted by atomic mass is 32.1. The van der Waals surface area contributed by atoms with Crippen LogP contribution in [0.2, 0.25) is 0 Å². The molecule has 0 aromatic heterocycles. The summed E-state index contributed by atoms with van der Waals surface area (Å²) in [5.74, 6) is 0.882. The highest BCUT2D eigenvalue weighted by Gasteiger charge is 2.45. The van der Waals surface area contributed by atoms with Crippen LogP contribution < -0.4 is 10.2 Å². The van der Waals surface area contributed by atoms with E-state index in [0.717, 1.165) is 23.6 Å². The quantitative estimate of drug-likeness (QED) is 0.552. The number of benzene rings is 3. The van der Waals surface area contributed by atoms with Crippen LogP contribution in [0.4, 0.5) is 11.4 Å². The highest BCUT2D eigenvalue weighted by molar-refractivity contribution is 7.80. The lowest BCUT2D eigenvalue weighted by Gasteiger charge is -2.37. The van der Waals surface area contributed by atoms with Gasteiger partial charge in [0.2, 0.25) is 5.11 Å². The summed E-state index contributed by atoms with van der Waals surface area (Å²) in [7, 11) is 0. The fourth-order valence-electron chi connectivity index (χ4n) is 4.00. The molecule has 0 bridgehead atoms. The van der Waals surface area contributed by atoms with Crippen LogP contribution in [0.3, 0.4) is 0 Å². The molecule has 4 heteroatoms. The van der Waals surface area contributed by atoms with Crippen molar-refractivity contribution in [1.82, 2.24) is 0 Å². The molecule has 0 aliphatic carbocycles. The summed E-state index contributed by atoms with van der Waals surface area (Å²) in [5.41, 5.74) is 5.37. The third-order valence-corrected chi connectivity index (χ3v) is 5.81. The van der Waals surface area contributed by atoms with Crippen LogP contribution in [0.15, 0.2) is 83.9 Å². The van der Waals surface area contributed by atoms with E-state index in [1.54, 1.807) is 0 Å². The second-order valence-corrected chi connectivity index (χ2v) is 8.11. The molecule has 0 saturated carbocycles. The summed E-state index contributed by atoms with van der Waals surface area (Å²) in [4.78, 5) is 7.01. The van der Waals surface area contributed by atoms with Crippen molar-refractivity contribution in [3.63, 3.8) is 0 Å². The Bertz CT molecular complexity index is 1040. The minimum absolute atomic E-state index is 0.422. The highest BCUT2D eigenvalue weighted by Crippen LogP contribution is 2.35. The summed E-state index contributed by atoms with van der Waals surface area (Å²) >= 11 is 5.75. The van der Waals surface area contributed by atoms with E-state index in [-0.39, 0.29) is 0 Å². The van der Waals surface area contributed by atoms with Gasteiger partial charge in [0.1, 0.15) is 11.4 Å². The van der Waals surface area contributed by atoms with E-state index >= 15 is 0 Å². The van der Waals surface area contributed by atoms with Gasteiger partial charge in [-0.25, -0.2) is 4.99 Å². The molecule has 1 aliphatic rings. The maximum Gasteiger partial charge on any atom is 0.202 e. The van der Waals surface area contributed by atoms with Crippen molar-refractivity contribution in [3.8, 4) is 0 Å². The lowest BCUT2D eigenvalue weighted by atomic mass is 9.89. The van der Waals surface area contributed by atoms with Gasteiger partial charge in [-0.05, 0) is 61.8 Å². The molecule has 0 unspecified atom stereocenters.